The summed E-state index contributed by atoms with van der Waals surface area (Å²) in [5, 5.41) is 2.42. The number of H-pyrrole nitrogens is 1. The van der Waals surface area contributed by atoms with Crippen molar-refractivity contribution < 1.29 is 4.74 Å². The minimum Gasteiger partial charge on any atom is -0.490 e. The molecule has 172 valence electrons. The molecule has 0 amide bonds. The van der Waals surface area contributed by atoms with E-state index in [1.807, 2.05) is 36.5 Å². The van der Waals surface area contributed by atoms with Gasteiger partial charge in [0, 0.05) is 44.5 Å². The standard InChI is InChI=1S/C29H24N4OS/c30-21(13-20-16-32-25-9-3-2-8-23(20)25)18-34-22-15-24(28-14-19-7-1-4-11-27(19)35-28)29(33-17-22)26-10-5-6-12-31-26/h1-12,14-17,21,32H,13,18,30H2/t21-/m0/s1. The number of aromatic nitrogens is 3. The van der Waals surface area contributed by atoms with Crippen LogP contribution >= 0.6 is 11.3 Å². The van der Waals surface area contributed by atoms with Crippen LogP contribution in [0.15, 0.2) is 97.5 Å². The normalized spacial score (nSPS) is 12.3. The van der Waals surface area contributed by atoms with E-state index in [1.165, 1.54) is 21.0 Å². The Morgan fingerprint density at radius 2 is 1.80 bits per heavy atom. The van der Waals surface area contributed by atoms with Gasteiger partial charge in [-0.1, -0.05) is 42.5 Å². The van der Waals surface area contributed by atoms with Gasteiger partial charge in [0.1, 0.15) is 12.4 Å². The Morgan fingerprint density at radius 3 is 2.69 bits per heavy atom. The molecule has 0 fully saturated rings. The molecular formula is C29H24N4OS. The molecule has 2 aromatic carbocycles. The van der Waals surface area contributed by atoms with Crippen molar-refractivity contribution in [3.05, 3.63) is 103 Å². The fourth-order valence-electron chi connectivity index (χ4n) is 4.38. The fraction of sp³-hybridized carbons (Fsp3) is 0.103. The van der Waals surface area contributed by atoms with E-state index in [-0.39, 0.29) is 6.04 Å². The molecule has 5 nitrogen and oxygen atoms in total. The first-order valence-corrected chi connectivity index (χ1v) is 12.4. The Hall–Kier alpha value is -4.00. The van der Waals surface area contributed by atoms with Crippen LogP contribution < -0.4 is 10.5 Å². The lowest BCUT2D eigenvalue weighted by molar-refractivity contribution is 0.287. The van der Waals surface area contributed by atoms with E-state index in [1.54, 1.807) is 23.7 Å². The lowest BCUT2D eigenvalue weighted by Crippen LogP contribution is -2.30. The number of thiophene rings is 1. The minimum atomic E-state index is -0.141. The third-order valence-corrected chi connectivity index (χ3v) is 7.23. The van der Waals surface area contributed by atoms with Crippen molar-refractivity contribution in [2.24, 2.45) is 5.73 Å². The van der Waals surface area contributed by atoms with E-state index in [9.17, 15) is 0 Å². The number of aromatic amines is 1. The summed E-state index contributed by atoms with van der Waals surface area (Å²) >= 11 is 1.74. The molecule has 4 heterocycles. The molecule has 0 aliphatic rings. The zero-order chi connectivity index (χ0) is 23.6. The first kappa shape index (κ1) is 21.5. The second-order valence-electron chi connectivity index (χ2n) is 8.57. The van der Waals surface area contributed by atoms with E-state index >= 15 is 0 Å². The molecule has 0 aliphatic heterocycles. The summed E-state index contributed by atoms with van der Waals surface area (Å²) in [6.07, 6.45) is 6.32. The van der Waals surface area contributed by atoms with Crippen LogP contribution in [-0.2, 0) is 6.42 Å². The number of hydrogen-bond donors (Lipinski definition) is 2. The number of fused-ring (bicyclic) bond motifs is 2. The second kappa shape index (κ2) is 9.33. The maximum Gasteiger partial charge on any atom is 0.138 e. The molecule has 0 spiro atoms. The lowest BCUT2D eigenvalue weighted by Gasteiger charge is -2.14. The quantitative estimate of drug-likeness (QED) is 0.277. The molecule has 0 bridgehead atoms. The van der Waals surface area contributed by atoms with Crippen molar-refractivity contribution in [1.29, 1.82) is 0 Å². The molecule has 35 heavy (non-hydrogen) atoms. The van der Waals surface area contributed by atoms with Gasteiger partial charge in [-0.3, -0.25) is 9.97 Å². The minimum absolute atomic E-state index is 0.141. The summed E-state index contributed by atoms with van der Waals surface area (Å²) in [6, 6.07) is 26.7. The van der Waals surface area contributed by atoms with E-state index in [2.05, 4.69) is 58.5 Å². The predicted molar refractivity (Wildman–Crippen MR) is 144 cm³/mol. The molecule has 6 rings (SSSR count). The van der Waals surface area contributed by atoms with E-state index in [4.69, 9.17) is 15.5 Å². The van der Waals surface area contributed by atoms with E-state index in [0.717, 1.165) is 33.8 Å². The van der Waals surface area contributed by atoms with Crippen LogP contribution in [0.2, 0.25) is 0 Å². The molecule has 1 atom stereocenters. The highest BCUT2D eigenvalue weighted by Gasteiger charge is 2.16. The molecule has 0 unspecified atom stereocenters. The monoisotopic (exact) mass is 476 g/mol. The average Bonchev–Trinajstić information content (AvgIpc) is 3.52. The van der Waals surface area contributed by atoms with Crippen molar-refractivity contribution in [2.75, 3.05) is 6.61 Å². The van der Waals surface area contributed by atoms with Gasteiger partial charge >= 0.3 is 0 Å². The lowest BCUT2D eigenvalue weighted by atomic mass is 10.1. The zero-order valence-electron chi connectivity index (χ0n) is 19.0. The Labute approximate surface area is 207 Å². The van der Waals surface area contributed by atoms with Crippen LogP contribution in [0.4, 0.5) is 0 Å². The van der Waals surface area contributed by atoms with E-state index in [0.29, 0.717) is 12.4 Å². The highest BCUT2D eigenvalue weighted by atomic mass is 32.1. The number of para-hydroxylation sites is 1. The first-order chi connectivity index (χ1) is 17.2. The number of benzene rings is 2. The van der Waals surface area contributed by atoms with Gasteiger partial charge in [-0.2, -0.15) is 0 Å². The van der Waals surface area contributed by atoms with Crippen molar-refractivity contribution in [2.45, 2.75) is 12.5 Å². The maximum atomic E-state index is 6.46. The van der Waals surface area contributed by atoms with Crippen LogP contribution in [0.25, 0.3) is 42.8 Å². The third kappa shape index (κ3) is 4.41. The first-order valence-electron chi connectivity index (χ1n) is 11.6. The third-order valence-electron chi connectivity index (χ3n) is 6.08. The van der Waals surface area contributed by atoms with E-state index < -0.39 is 0 Å². The van der Waals surface area contributed by atoms with Crippen molar-refractivity contribution >= 4 is 32.3 Å². The van der Waals surface area contributed by atoms with Gasteiger partial charge in [-0.05, 0) is 53.8 Å². The van der Waals surface area contributed by atoms with Crippen molar-refractivity contribution in [3.63, 3.8) is 0 Å². The summed E-state index contributed by atoms with van der Waals surface area (Å²) in [5.74, 6) is 0.700. The zero-order valence-corrected chi connectivity index (χ0v) is 19.8. The van der Waals surface area contributed by atoms with Crippen LogP contribution in [-0.4, -0.2) is 27.6 Å². The number of nitrogens with zero attached hydrogens (tertiary/aromatic N) is 2. The van der Waals surface area contributed by atoms with Crippen molar-refractivity contribution in [3.8, 4) is 27.6 Å². The van der Waals surface area contributed by atoms with Crippen LogP contribution in [0.3, 0.4) is 0 Å². The fourth-order valence-corrected chi connectivity index (χ4v) is 5.46. The summed E-state index contributed by atoms with van der Waals surface area (Å²) in [7, 11) is 0. The Balaban J connectivity index is 1.27. The Bertz CT molecular complexity index is 1570. The van der Waals surface area contributed by atoms with Gasteiger partial charge in [0.2, 0.25) is 0 Å². The molecule has 6 aromatic rings. The van der Waals surface area contributed by atoms with Gasteiger partial charge in [-0.25, -0.2) is 0 Å². The smallest absolute Gasteiger partial charge is 0.138 e. The molecule has 3 N–H and O–H groups in total. The van der Waals surface area contributed by atoms with Gasteiger partial charge in [0.25, 0.3) is 0 Å². The molecule has 0 saturated heterocycles. The number of rotatable bonds is 7. The number of nitrogens with two attached hydrogens (primary N) is 1. The van der Waals surface area contributed by atoms with Crippen LogP contribution in [0, 0.1) is 0 Å². The number of nitrogens with one attached hydrogen (secondary N) is 1. The summed E-state index contributed by atoms with van der Waals surface area (Å²) in [4.78, 5) is 13.7. The predicted octanol–water partition coefficient (Wildman–Crippen LogP) is 6.46. The maximum absolute atomic E-state index is 6.46. The number of hydrogen-bond acceptors (Lipinski definition) is 5. The van der Waals surface area contributed by atoms with Gasteiger partial charge in [0.15, 0.2) is 0 Å². The number of ether oxygens (including phenoxy) is 1. The Kier molecular flexibility index (Phi) is 5.74. The Morgan fingerprint density at radius 1 is 0.943 bits per heavy atom. The average molecular weight is 477 g/mol. The summed E-state index contributed by atoms with van der Waals surface area (Å²) in [6.45, 7) is 0.399. The molecular weight excluding hydrogens is 452 g/mol. The highest BCUT2D eigenvalue weighted by Crippen LogP contribution is 2.39. The van der Waals surface area contributed by atoms with Gasteiger partial charge in [-0.15, -0.1) is 11.3 Å². The highest BCUT2D eigenvalue weighted by molar-refractivity contribution is 7.22. The number of pyridine rings is 2. The SMILES string of the molecule is N[C@H](COc1cnc(-c2ccccn2)c(-c2cc3ccccc3s2)c1)Cc1c[nH]c2ccccc12. The topological polar surface area (TPSA) is 76.8 Å². The van der Waals surface area contributed by atoms with Gasteiger partial charge in [0.05, 0.1) is 17.6 Å². The molecule has 0 radical (unpaired) electrons. The second-order valence-corrected chi connectivity index (χ2v) is 9.65. The van der Waals surface area contributed by atoms with Crippen LogP contribution in [0.5, 0.6) is 5.75 Å². The van der Waals surface area contributed by atoms with Crippen LogP contribution in [0.1, 0.15) is 5.56 Å². The molecule has 0 saturated carbocycles. The molecule has 0 aliphatic carbocycles. The summed E-state index contributed by atoms with van der Waals surface area (Å²) in [5.41, 5.74) is 11.5. The summed E-state index contributed by atoms with van der Waals surface area (Å²) < 4.78 is 7.38. The molecule has 6 heteroatoms. The largest absolute Gasteiger partial charge is 0.490 e. The van der Waals surface area contributed by atoms with Gasteiger partial charge < -0.3 is 15.5 Å². The molecule has 4 aromatic heterocycles. The van der Waals surface area contributed by atoms with Crippen molar-refractivity contribution in [1.82, 2.24) is 15.0 Å².